The highest BCUT2D eigenvalue weighted by molar-refractivity contribution is 5.55. The maximum Gasteiger partial charge on any atom is 0.125 e. The van der Waals surface area contributed by atoms with Crippen LogP contribution in [0.4, 0.5) is 0 Å². The summed E-state index contributed by atoms with van der Waals surface area (Å²) in [6.07, 6.45) is 3.68. The van der Waals surface area contributed by atoms with E-state index in [0.29, 0.717) is 0 Å². The average molecular weight is 152 g/mol. The average Bonchev–Trinajstić information content (AvgIpc) is 1.87. The van der Waals surface area contributed by atoms with Gasteiger partial charge in [-0.15, -0.1) is 0 Å². The summed E-state index contributed by atoms with van der Waals surface area (Å²) in [6.45, 7) is 10.5. The van der Waals surface area contributed by atoms with Crippen LogP contribution in [0.5, 0.6) is 0 Å². The van der Waals surface area contributed by atoms with Gasteiger partial charge in [-0.2, -0.15) is 0 Å². The van der Waals surface area contributed by atoms with Crippen molar-refractivity contribution in [3.05, 3.63) is 24.0 Å². The van der Waals surface area contributed by atoms with Crippen LogP contribution in [-0.4, -0.2) is 12.8 Å². The summed E-state index contributed by atoms with van der Waals surface area (Å²) in [6, 6.07) is 0. The molecular weight excluding hydrogens is 136 g/mol. The Kier molecular flexibility index (Phi) is 5.17. The van der Waals surface area contributed by atoms with E-state index in [9.17, 15) is 0 Å². The number of hydrogen-bond donors (Lipinski definition) is 1. The van der Waals surface area contributed by atoms with Crippen molar-refractivity contribution < 1.29 is 0 Å². The molecule has 0 saturated heterocycles. The molecule has 0 heterocycles. The fraction of sp³-hybridized carbons (Fsp3) is 0.444. The van der Waals surface area contributed by atoms with Crippen LogP contribution < -0.4 is 5.32 Å². The molecule has 0 fully saturated rings. The molecule has 0 bridgehead atoms. The first kappa shape index (κ1) is 9.95. The Balaban J connectivity index is 4.19. The Morgan fingerprint density at radius 1 is 1.64 bits per heavy atom. The lowest BCUT2D eigenvalue weighted by Crippen LogP contribution is -2.10. The lowest BCUT2D eigenvalue weighted by Gasteiger charge is -2.01. The first-order valence-electron chi connectivity index (χ1n) is 3.80. The van der Waals surface area contributed by atoms with Crippen LogP contribution in [0, 0.1) is 0 Å². The number of hydrogen-bond acceptors (Lipinski definition) is 2. The molecular formula is C9H16N2. The molecule has 0 aliphatic heterocycles. The largest absolute Gasteiger partial charge is 0.370 e. The number of allylic oxidation sites excluding steroid dienone is 2. The summed E-state index contributed by atoms with van der Waals surface area (Å²) in [5.74, 6) is 0.877. The standard InChI is InChI=1S/C9H16N2/c1-5-10-9(11-6-2)7-8(3)4/h5,7,11H,3,6H2,1-2,4H3/b9-7+,10-5-. The normalized spacial score (nSPS) is 12.1. The van der Waals surface area contributed by atoms with Gasteiger partial charge in [-0.1, -0.05) is 12.2 Å². The minimum absolute atomic E-state index is 0.877. The van der Waals surface area contributed by atoms with E-state index in [1.165, 1.54) is 0 Å². The van der Waals surface area contributed by atoms with E-state index in [0.717, 1.165) is 17.9 Å². The molecule has 0 aromatic heterocycles. The van der Waals surface area contributed by atoms with Crippen molar-refractivity contribution in [2.75, 3.05) is 6.54 Å². The van der Waals surface area contributed by atoms with Gasteiger partial charge in [0.2, 0.25) is 0 Å². The molecule has 1 N–H and O–H groups in total. The molecule has 0 aliphatic carbocycles. The molecule has 2 nitrogen and oxygen atoms in total. The van der Waals surface area contributed by atoms with Crippen molar-refractivity contribution in [2.24, 2.45) is 4.99 Å². The summed E-state index contributed by atoms with van der Waals surface area (Å²) < 4.78 is 0. The maximum absolute atomic E-state index is 4.12. The highest BCUT2D eigenvalue weighted by Gasteiger charge is 1.87. The molecule has 0 aliphatic rings. The van der Waals surface area contributed by atoms with E-state index in [4.69, 9.17) is 0 Å². The van der Waals surface area contributed by atoms with Gasteiger partial charge in [0.05, 0.1) is 0 Å². The quantitative estimate of drug-likeness (QED) is 0.484. The Morgan fingerprint density at radius 2 is 2.27 bits per heavy atom. The topological polar surface area (TPSA) is 24.4 Å². The van der Waals surface area contributed by atoms with Gasteiger partial charge in [0.25, 0.3) is 0 Å². The molecule has 0 saturated carbocycles. The van der Waals surface area contributed by atoms with E-state index in [1.54, 1.807) is 6.21 Å². The Bertz CT molecular complexity index is 178. The predicted octanol–water partition coefficient (Wildman–Crippen LogP) is 2.10. The molecule has 0 amide bonds. The third-order valence-electron chi connectivity index (χ3n) is 1.01. The van der Waals surface area contributed by atoms with E-state index >= 15 is 0 Å². The molecule has 2 heteroatoms. The van der Waals surface area contributed by atoms with Gasteiger partial charge in [0.15, 0.2) is 0 Å². The Labute approximate surface area is 68.7 Å². The minimum atomic E-state index is 0.877. The minimum Gasteiger partial charge on any atom is -0.370 e. The summed E-state index contributed by atoms with van der Waals surface area (Å²) in [5.41, 5.74) is 1.01. The third-order valence-corrected chi connectivity index (χ3v) is 1.01. The second-order valence-electron chi connectivity index (χ2n) is 2.29. The van der Waals surface area contributed by atoms with Gasteiger partial charge in [-0.05, 0) is 26.8 Å². The molecule has 0 aromatic rings. The van der Waals surface area contributed by atoms with Crippen LogP contribution in [-0.2, 0) is 0 Å². The van der Waals surface area contributed by atoms with Gasteiger partial charge in [-0.25, -0.2) is 4.99 Å². The van der Waals surface area contributed by atoms with E-state index < -0.39 is 0 Å². The Hall–Kier alpha value is -1.05. The lowest BCUT2D eigenvalue weighted by molar-refractivity contribution is 0.840. The molecule has 0 radical (unpaired) electrons. The Morgan fingerprint density at radius 3 is 2.64 bits per heavy atom. The summed E-state index contributed by atoms with van der Waals surface area (Å²) >= 11 is 0. The number of aliphatic imine (C=N–C) groups is 1. The molecule has 0 unspecified atom stereocenters. The fourth-order valence-electron chi connectivity index (χ4n) is 0.688. The third kappa shape index (κ3) is 5.40. The number of nitrogens with one attached hydrogen (secondary N) is 1. The van der Waals surface area contributed by atoms with Crippen molar-refractivity contribution in [2.45, 2.75) is 20.8 Å². The highest BCUT2D eigenvalue weighted by atomic mass is 15.0. The second-order valence-corrected chi connectivity index (χ2v) is 2.29. The van der Waals surface area contributed by atoms with Gasteiger partial charge in [0.1, 0.15) is 5.82 Å². The molecule has 11 heavy (non-hydrogen) atoms. The zero-order chi connectivity index (χ0) is 8.69. The van der Waals surface area contributed by atoms with Crippen molar-refractivity contribution in [1.82, 2.24) is 5.32 Å². The number of nitrogens with zero attached hydrogens (tertiary/aromatic N) is 1. The van der Waals surface area contributed by atoms with E-state index in [1.807, 2.05) is 26.8 Å². The van der Waals surface area contributed by atoms with Gasteiger partial charge in [-0.3, -0.25) is 0 Å². The molecule has 0 atom stereocenters. The summed E-state index contributed by atoms with van der Waals surface area (Å²) in [7, 11) is 0. The van der Waals surface area contributed by atoms with Crippen molar-refractivity contribution >= 4 is 6.21 Å². The van der Waals surface area contributed by atoms with Gasteiger partial charge >= 0.3 is 0 Å². The van der Waals surface area contributed by atoms with Gasteiger partial charge in [0, 0.05) is 12.8 Å². The lowest BCUT2D eigenvalue weighted by atomic mass is 10.3. The monoisotopic (exact) mass is 152 g/mol. The maximum atomic E-state index is 4.12. The van der Waals surface area contributed by atoms with Crippen LogP contribution in [0.15, 0.2) is 29.0 Å². The van der Waals surface area contributed by atoms with Crippen LogP contribution in [0.25, 0.3) is 0 Å². The van der Waals surface area contributed by atoms with Crippen LogP contribution in [0.3, 0.4) is 0 Å². The van der Waals surface area contributed by atoms with Crippen molar-refractivity contribution in [3.63, 3.8) is 0 Å². The molecule has 0 spiro atoms. The van der Waals surface area contributed by atoms with E-state index in [-0.39, 0.29) is 0 Å². The number of rotatable bonds is 4. The smallest absolute Gasteiger partial charge is 0.125 e. The van der Waals surface area contributed by atoms with Crippen LogP contribution in [0.1, 0.15) is 20.8 Å². The zero-order valence-corrected chi connectivity index (χ0v) is 7.52. The highest BCUT2D eigenvalue weighted by Crippen LogP contribution is 1.96. The summed E-state index contributed by atoms with van der Waals surface area (Å²) in [4.78, 5) is 4.12. The van der Waals surface area contributed by atoms with Crippen LogP contribution in [0.2, 0.25) is 0 Å². The summed E-state index contributed by atoms with van der Waals surface area (Å²) in [5, 5.41) is 3.12. The van der Waals surface area contributed by atoms with Crippen molar-refractivity contribution in [1.29, 1.82) is 0 Å². The van der Waals surface area contributed by atoms with Crippen molar-refractivity contribution in [3.8, 4) is 0 Å². The first-order valence-corrected chi connectivity index (χ1v) is 3.80. The fourth-order valence-corrected chi connectivity index (χ4v) is 0.688. The van der Waals surface area contributed by atoms with E-state index in [2.05, 4.69) is 16.9 Å². The molecule has 62 valence electrons. The van der Waals surface area contributed by atoms with Gasteiger partial charge < -0.3 is 5.32 Å². The predicted molar refractivity (Wildman–Crippen MR) is 50.7 cm³/mol. The second kappa shape index (κ2) is 5.71. The molecule has 0 rings (SSSR count). The van der Waals surface area contributed by atoms with Crippen LogP contribution >= 0.6 is 0 Å². The first-order chi connectivity index (χ1) is 5.20. The SMILES string of the molecule is C=C(C)/C=C(\N=C/C)NCC. The zero-order valence-electron chi connectivity index (χ0n) is 7.52. The molecule has 0 aromatic carbocycles.